The van der Waals surface area contributed by atoms with E-state index in [9.17, 15) is 9.59 Å². The van der Waals surface area contributed by atoms with Gasteiger partial charge in [-0.3, -0.25) is 9.59 Å². The lowest BCUT2D eigenvalue weighted by Crippen LogP contribution is -3.15. The maximum Gasteiger partial charge on any atom is 0.292 e. The van der Waals surface area contributed by atoms with Gasteiger partial charge in [-0.05, 0) is 43.5 Å². The topological polar surface area (TPSA) is 67.7 Å². The van der Waals surface area contributed by atoms with Crippen molar-refractivity contribution >= 4 is 17.5 Å². The fourth-order valence-electron chi connectivity index (χ4n) is 3.63. The monoisotopic (exact) mass is 333 g/mol. The summed E-state index contributed by atoms with van der Waals surface area (Å²) in [4.78, 5) is 27.8. The molecule has 0 aliphatic carbocycles. The Kier molecular flexibility index (Phi) is 5.48. The minimum atomic E-state index is -0.274. The number of methoxy groups -OCH3 is 1. The van der Waals surface area contributed by atoms with Gasteiger partial charge in [0.2, 0.25) is 5.91 Å². The van der Waals surface area contributed by atoms with Gasteiger partial charge >= 0.3 is 0 Å². The summed E-state index contributed by atoms with van der Waals surface area (Å²) in [6.45, 7) is 4.45. The van der Waals surface area contributed by atoms with E-state index in [4.69, 9.17) is 4.74 Å². The highest BCUT2D eigenvalue weighted by molar-refractivity contribution is 6.21. The van der Waals surface area contributed by atoms with Gasteiger partial charge in [-0.25, -0.2) is 4.90 Å². The predicted molar refractivity (Wildman–Crippen MR) is 90.1 cm³/mol. The van der Waals surface area contributed by atoms with E-state index in [0.29, 0.717) is 17.9 Å². The molecule has 1 aromatic carbocycles. The van der Waals surface area contributed by atoms with E-state index < -0.39 is 0 Å². The Morgan fingerprint density at radius 2 is 1.88 bits per heavy atom. The SMILES string of the molecule is COc1ccc(N2C(=O)C[C@@H]([NH2+]CC[NH+]3CCCCC3)C2=O)cc1. The highest BCUT2D eigenvalue weighted by Crippen LogP contribution is 2.24. The summed E-state index contributed by atoms with van der Waals surface area (Å²) in [5.41, 5.74) is 0.628. The van der Waals surface area contributed by atoms with Gasteiger partial charge in [0.1, 0.15) is 18.8 Å². The van der Waals surface area contributed by atoms with Gasteiger partial charge in [0.05, 0.1) is 32.3 Å². The molecule has 0 saturated carbocycles. The first kappa shape index (κ1) is 16.9. The molecule has 2 fully saturated rings. The molecule has 2 aliphatic heterocycles. The van der Waals surface area contributed by atoms with Gasteiger partial charge in [0.25, 0.3) is 5.91 Å². The van der Waals surface area contributed by atoms with Crippen LogP contribution < -0.4 is 19.9 Å². The van der Waals surface area contributed by atoms with Crippen molar-refractivity contribution in [3.63, 3.8) is 0 Å². The van der Waals surface area contributed by atoms with Crippen molar-refractivity contribution in [2.24, 2.45) is 0 Å². The van der Waals surface area contributed by atoms with E-state index in [1.54, 1.807) is 36.3 Å². The molecule has 6 heteroatoms. The van der Waals surface area contributed by atoms with Crippen LogP contribution in [0.25, 0.3) is 0 Å². The van der Waals surface area contributed by atoms with Crippen molar-refractivity contribution < 1.29 is 24.5 Å². The second-order valence-electron chi connectivity index (χ2n) is 6.66. The van der Waals surface area contributed by atoms with Crippen LogP contribution in [0.4, 0.5) is 5.69 Å². The Balaban J connectivity index is 1.54. The Labute approximate surface area is 142 Å². The Morgan fingerprint density at radius 1 is 1.17 bits per heavy atom. The number of nitrogens with zero attached hydrogens (tertiary/aromatic N) is 1. The van der Waals surface area contributed by atoms with Crippen molar-refractivity contribution in [3.8, 4) is 5.75 Å². The van der Waals surface area contributed by atoms with Gasteiger partial charge in [-0.2, -0.15) is 0 Å². The lowest BCUT2D eigenvalue weighted by atomic mass is 10.1. The third-order valence-corrected chi connectivity index (χ3v) is 5.02. The third-order valence-electron chi connectivity index (χ3n) is 5.02. The first-order valence-corrected chi connectivity index (χ1v) is 8.87. The molecule has 2 aliphatic rings. The number of benzene rings is 1. The van der Waals surface area contributed by atoms with Gasteiger partial charge < -0.3 is 15.0 Å². The predicted octanol–water partition coefficient (Wildman–Crippen LogP) is -1.04. The van der Waals surface area contributed by atoms with Crippen molar-refractivity contribution in [1.82, 2.24) is 0 Å². The van der Waals surface area contributed by atoms with Crippen molar-refractivity contribution in [1.29, 1.82) is 0 Å². The molecule has 130 valence electrons. The normalized spacial score (nSPS) is 22.2. The van der Waals surface area contributed by atoms with E-state index in [2.05, 4.69) is 0 Å². The van der Waals surface area contributed by atoms with Gasteiger partial charge in [-0.1, -0.05) is 0 Å². The molecule has 0 radical (unpaired) electrons. The van der Waals surface area contributed by atoms with Crippen LogP contribution >= 0.6 is 0 Å². The number of hydrogen-bond donors (Lipinski definition) is 2. The number of imide groups is 1. The third kappa shape index (κ3) is 3.76. The van der Waals surface area contributed by atoms with Crippen LogP contribution in [0.5, 0.6) is 5.75 Å². The number of nitrogens with two attached hydrogens (primary N) is 1. The summed E-state index contributed by atoms with van der Waals surface area (Å²) in [5.74, 6) is 0.501. The molecule has 2 saturated heterocycles. The number of hydrogen-bond acceptors (Lipinski definition) is 3. The summed E-state index contributed by atoms with van der Waals surface area (Å²) >= 11 is 0. The van der Waals surface area contributed by atoms with Gasteiger partial charge in [-0.15, -0.1) is 0 Å². The minimum absolute atomic E-state index is 0.0983. The molecule has 2 heterocycles. The number of ether oxygens (including phenoxy) is 1. The van der Waals surface area contributed by atoms with Crippen LogP contribution in [-0.4, -0.2) is 51.1 Å². The van der Waals surface area contributed by atoms with Crippen LogP contribution in [0.1, 0.15) is 25.7 Å². The first-order valence-electron chi connectivity index (χ1n) is 8.87. The molecule has 1 aromatic rings. The van der Waals surface area contributed by atoms with Crippen molar-refractivity contribution in [2.75, 3.05) is 38.2 Å². The number of rotatable bonds is 6. The number of quaternary nitrogens is 2. The molecule has 3 rings (SSSR count). The van der Waals surface area contributed by atoms with Crippen LogP contribution in [0.2, 0.25) is 0 Å². The standard InChI is InChI=1S/C18H25N3O3/c1-24-15-7-5-14(6-8-15)21-17(22)13-16(18(21)23)19-9-12-20-10-3-2-4-11-20/h5-8,16,19H,2-4,9-13H2,1H3/p+2/t16-/m1/s1. The number of likely N-dealkylation sites (tertiary alicyclic amines) is 1. The first-order chi connectivity index (χ1) is 11.7. The van der Waals surface area contributed by atoms with E-state index in [1.807, 2.05) is 5.32 Å². The molecular weight excluding hydrogens is 306 g/mol. The largest absolute Gasteiger partial charge is 0.497 e. The second kappa shape index (κ2) is 7.77. The average Bonchev–Trinajstić information content (AvgIpc) is 2.90. The molecule has 3 N–H and O–H groups in total. The number of piperidine rings is 1. The van der Waals surface area contributed by atoms with E-state index >= 15 is 0 Å². The number of nitrogens with one attached hydrogen (secondary N) is 1. The number of anilines is 1. The van der Waals surface area contributed by atoms with E-state index in [1.165, 1.54) is 37.3 Å². The van der Waals surface area contributed by atoms with Gasteiger partial charge in [0.15, 0.2) is 6.04 Å². The summed E-state index contributed by atoms with van der Waals surface area (Å²) in [5, 5.41) is 2.05. The molecule has 1 atom stereocenters. The lowest BCUT2D eigenvalue weighted by Gasteiger charge is -2.23. The molecule has 0 spiro atoms. The fraction of sp³-hybridized carbons (Fsp3) is 0.556. The lowest BCUT2D eigenvalue weighted by molar-refractivity contribution is -0.917. The van der Waals surface area contributed by atoms with Crippen LogP contribution in [0.15, 0.2) is 24.3 Å². The molecule has 24 heavy (non-hydrogen) atoms. The maximum absolute atomic E-state index is 12.6. The zero-order chi connectivity index (χ0) is 16.9. The van der Waals surface area contributed by atoms with E-state index in [-0.39, 0.29) is 17.9 Å². The molecular formula is C18H27N3O3+2. The summed E-state index contributed by atoms with van der Waals surface area (Å²) in [6, 6.07) is 6.78. The van der Waals surface area contributed by atoms with Crippen LogP contribution in [-0.2, 0) is 9.59 Å². The molecule has 0 aromatic heterocycles. The Hall–Kier alpha value is -1.92. The molecule has 0 unspecified atom stereocenters. The number of amides is 2. The molecule has 0 bridgehead atoms. The van der Waals surface area contributed by atoms with E-state index in [0.717, 1.165) is 13.1 Å². The van der Waals surface area contributed by atoms with Crippen LogP contribution in [0.3, 0.4) is 0 Å². The van der Waals surface area contributed by atoms with Gasteiger partial charge in [0, 0.05) is 0 Å². The highest BCUT2D eigenvalue weighted by atomic mass is 16.5. The smallest absolute Gasteiger partial charge is 0.292 e. The zero-order valence-corrected chi connectivity index (χ0v) is 14.3. The summed E-state index contributed by atoms with van der Waals surface area (Å²) in [7, 11) is 1.59. The molecule has 6 nitrogen and oxygen atoms in total. The highest BCUT2D eigenvalue weighted by Gasteiger charge is 2.42. The maximum atomic E-state index is 12.6. The average molecular weight is 333 g/mol. The Bertz CT molecular complexity index is 582. The Morgan fingerprint density at radius 3 is 2.54 bits per heavy atom. The number of carbonyl (C=O) groups is 2. The summed E-state index contributed by atoms with van der Waals surface area (Å²) in [6.07, 6.45) is 4.25. The van der Waals surface area contributed by atoms with Crippen molar-refractivity contribution in [3.05, 3.63) is 24.3 Å². The zero-order valence-electron chi connectivity index (χ0n) is 14.3. The number of carbonyl (C=O) groups excluding carboxylic acids is 2. The fourth-order valence-corrected chi connectivity index (χ4v) is 3.63. The summed E-state index contributed by atoms with van der Waals surface area (Å²) < 4.78 is 5.12. The second-order valence-corrected chi connectivity index (χ2v) is 6.66. The minimum Gasteiger partial charge on any atom is -0.497 e. The molecule has 2 amide bonds. The van der Waals surface area contributed by atoms with Crippen LogP contribution in [0, 0.1) is 0 Å². The quantitative estimate of drug-likeness (QED) is 0.654. The van der Waals surface area contributed by atoms with Crippen molar-refractivity contribution in [2.45, 2.75) is 31.7 Å².